The lowest BCUT2D eigenvalue weighted by Gasteiger charge is -2.12. The fourth-order valence-corrected chi connectivity index (χ4v) is 3.77. The van der Waals surface area contributed by atoms with Gasteiger partial charge in [-0.25, -0.2) is 14.4 Å². The van der Waals surface area contributed by atoms with Crippen molar-refractivity contribution in [3.63, 3.8) is 0 Å². The zero-order valence-electron chi connectivity index (χ0n) is 23.8. The summed E-state index contributed by atoms with van der Waals surface area (Å²) < 4.78 is 16.0. The molecule has 0 bridgehead atoms. The molecule has 0 aliphatic carbocycles. The van der Waals surface area contributed by atoms with E-state index in [9.17, 15) is 14.4 Å². The second-order valence-corrected chi connectivity index (χ2v) is 9.55. The minimum Gasteiger partial charge on any atom is -0.423 e. The Morgan fingerprint density at radius 1 is 0.605 bits per heavy atom. The lowest BCUT2D eigenvalue weighted by molar-refractivity contribution is -0.130. The van der Waals surface area contributed by atoms with Gasteiger partial charge >= 0.3 is 17.9 Å². The molecule has 4 rings (SSSR count). The Bertz CT molecular complexity index is 1780. The van der Waals surface area contributed by atoms with Crippen LogP contribution in [0.25, 0.3) is 22.3 Å². The Morgan fingerprint density at radius 3 is 1.65 bits per heavy atom. The van der Waals surface area contributed by atoms with Crippen molar-refractivity contribution in [1.82, 2.24) is 0 Å². The topological polar surface area (TPSA) is 78.9 Å². The van der Waals surface area contributed by atoms with Crippen molar-refractivity contribution in [1.29, 1.82) is 0 Å². The fourth-order valence-electron chi connectivity index (χ4n) is 3.77. The van der Waals surface area contributed by atoms with Crippen LogP contribution in [0, 0.1) is 11.8 Å². The third kappa shape index (κ3) is 8.06. The molecular formula is C37H28O6. The summed E-state index contributed by atoms with van der Waals surface area (Å²) >= 11 is 0. The van der Waals surface area contributed by atoms with Crippen molar-refractivity contribution in [2.45, 2.75) is 13.8 Å². The smallest absolute Gasteiger partial charge is 0.338 e. The standard InChI is InChI=1S/C37H28O6/c1-6-35(38)41-31-18-9-26(10-19-31)7-8-27-11-22-33(34(23-27)43-37(40)25(4)5)30-14-12-28(13-15-30)29-16-20-32(21-17-29)42-36(39)24(2)3/h6,9-23H,1-2,4H2,3,5H3. The van der Waals surface area contributed by atoms with E-state index in [0.717, 1.165) is 22.8 Å². The van der Waals surface area contributed by atoms with Gasteiger partial charge in [-0.05, 0) is 85.1 Å². The van der Waals surface area contributed by atoms with Gasteiger partial charge in [-0.3, -0.25) is 0 Å². The summed E-state index contributed by atoms with van der Waals surface area (Å²) in [6, 6.07) is 27.1. The van der Waals surface area contributed by atoms with Crippen molar-refractivity contribution in [3.05, 3.63) is 139 Å². The van der Waals surface area contributed by atoms with E-state index in [2.05, 4.69) is 31.6 Å². The van der Waals surface area contributed by atoms with Crippen LogP contribution in [0.2, 0.25) is 0 Å². The number of hydrogen-bond donors (Lipinski definition) is 0. The summed E-state index contributed by atoms with van der Waals surface area (Å²) in [6.45, 7) is 13.8. The van der Waals surface area contributed by atoms with E-state index in [1.807, 2.05) is 48.5 Å². The summed E-state index contributed by atoms with van der Waals surface area (Å²) in [7, 11) is 0. The first-order valence-electron chi connectivity index (χ1n) is 13.2. The molecule has 4 aromatic carbocycles. The molecule has 0 amide bonds. The zero-order chi connectivity index (χ0) is 30.9. The minimum atomic E-state index is -0.542. The van der Waals surface area contributed by atoms with Gasteiger partial charge in [-0.1, -0.05) is 68.0 Å². The summed E-state index contributed by atoms with van der Waals surface area (Å²) in [4.78, 5) is 35.6. The zero-order valence-corrected chi connectivity index (χ0v) is 23.8. The highest BCUT2D eigenvalue weighted by Gasteiger charge is 2.13. The average Bonchev–Trinajstić information content (AvgIpc) is 3.01. The normalized spacial score (nSPS) is 10.0. The quantitative estimate of drug-likeness (QED) is 0.0949. The molecule has 0 radical (unpaired) electrons. The van der Waals surface area contributed by atoms with Gasteiger partial charge in [0.1, 0.15) is 17.2 Å². The van der Waals surface area contributed by atoms with Gasteiger partial charge in [0.2, 0.25) is 0 Å². The Labute approximate surface area is 250 Å². The van der Waals surface area contributed by atoms with Gasteiger partial charge in [0.15, 0.2) is 0 Å². The maximum absolute atomic E-state index is 12.5. The SMILES string of the molecule is C=CC(=O)Oc1ccc(C#Cc2ccc(-c3ccc(-c4ccc(OC(=O)C(=C)C)cc4)cc3)c(OC(=O)C(=C)C)c2)cc1. The Kier molecular flexibility index (Phi) is 9.52. The first-order chi connectivity index (χ1) is 20.6. The molecule has 0 unspecified atom stereocenters. The Hall–Kier alpha value is -5.93. The average molecular weight is 569 g/mol. The number of ether oxygens (including phenoxy) is 3. The van der Waals surface area contributed by atoms with Crippen molar-refractivity contribution in [2.24, 2.45) is 0 Å². The largest absolute Gasteiger partial charge is 0.423 e. The van der Waals surface area contributed by atoms with Crippen LogP contribution in [0.1, 0.15) is 25.0 Å². The highest BCUT2D eigenvalue weighted by atomic mass is 16.5. The molecule has 6 nitrogen and oxygen atoms in total. The van der Waals surface area contributed by atoms with E-state index >= 15 is 0 Å². The first kappa shape index (κ1) is 30.0. The van der Waals surface area contributed by atoms with Crippen molar-refractivity contribution < 1.29 is 28.6 Å². The van der Waals surface area contributed by atoms with E-state index < -0.39 is 17.9 Å². The first-order valence-corrected chi connectivity index (χ1v) is 13.2. The van der Waals surface area contributed by atoms with E-state index in [4.69, 9.17) is 14.2 Å². The minimum absolute atomic E-state index is 0.271. The van der Waals surface area contributed by atoms with Gasteiger partial charge in [-0.15, -0.1) is 0 Å². The predicted molar refractivity (Wildman–Crippen MR) is 166 cm³/mol. The van der Waals surface area contributed by atoms with Gasteiger partial charge in [0.05, 0.1) is 0 Å². The fraction of sp³-hybridized carbons (Fsp3) is 0.0541. The van der Waals surface area contributed by atoms with Crippen LogP contribution in [0.3, 0.4) is 0 Å². The predicted octanol–water partition coefficient (Wildman–Crippen LogP) is 7.47. The summed E-state index contributed by atoms with van der Waals surface area (Å²) in [6.07, 6.45) is 1.09. The van der Waals surface area contributed by atoms with Crippen LogP contribution in [0.5, 0.6) is 17.2 Å². The molecular weight excluding hydrogens is 540 g/mol. The second kappa shape index (κ2) is 13.6. The van der Waals surface area contributed by atoms with Crippen LogP contribution < -0.4 is 14.2 Å². The molecule has 0 aliphatic heterocycles. The van der Waals surface area contributed by atoms with E-state index in [-0.39, 0.29) is 5.57 Å². The molecule has 0 saturated carbocycles. The molecule has 0 fully saturated rings. The van der Waals surface area contributed by atoms with Crippen LogP contribution in [-0.4, -0.2) is 17.9 Å². The van der Waals surface area contributed by atoms with Gasteiger partial charge in [0.25, 0.3) is 0 Å². The maximum Gasteiger partial charge on any atom is 0.338 e. The second-order valence-electron chi connectivity index (χ2n) is 9.55. The van der Waals surface area contributed by atoms with Crippen LogP contribution in [0.15, 0.2) is 128 Å². The lowest BCUT2D eigenvalue weighted by Crippen LogP contribution is -2.09. The van der Waals surface area contributed by atoms with E-state index in [0.29, 0.717) is 39.5 Å². The summed E-state index contributed by atoms with van der Waals surface area (Å²) in [5.41, 5.74) is 5.38. The van der Waals surface area contributed by atoms with Gasteiger partial charge in [0, 0.05) is 33.9 Å². The number of esters is 3. The molecule has 4 aromatic rings. The molecule has 43 heavy (non-hydrogen) atoms. The third-order valence-electron chi connectivity index (χ3n) is 6.07. The lowest BCUT2D eigenvalue weighted by atomic mass is 9.98. The molecule has 0 heterocycles. The number of benzene rings is 4. The number of carbonyl (C=O) groups is 3. The maximum atomic E-state index is 12.5. The molecule has 0 N–H and O–H groups in total. The van der Waals surface area contributed by atoms with Crippen LogP contribution >= 0.6 is 0 Å². The van der Waals surface area contributed by atoms with Gasteiger partial charge in [-0.2, -0.15) is 0 Å². The van der Waals surface area contributed by atoms with Gasteiger partial charge < -0.3 is 14.2 Å². The van der Waals surface area contributed by atoms with E-state index in [1.54, 1.807) is 56.3 Å². The van der Waals surface area contributed by atoms with E-state index in [1.165, 1.54) is 0 Å². The molecule has 0 aliphatic rings. The van der Waals surface area contributed by atoms with Crippen LogP contribution in [-0.2, 0) is 14.4 Å². The Balaban J connectivity index is 1.57. The number of rotatable bonds is 8. The molecule has 212 valence electrons. The van der Waals surface area contributed by atoms with Crippen molar-refractivity contribution in [2.75, 3.05) is 0 Å². The molecule has 0 spiro atoms. The molecule has 0 atom stereocenters. The summed E-state index contributed by atoms with van der Waals surface area (Å²) in [5.74, 6) is 5.77. The number of hydrogen-bond acceptors (Lipinski definition) is 6. The molecule has 0 aromatic heterocycles. The third-order valence-corrected chi connectivity index (χ3v) is 6.07. The molecule has 6 heteroatoms. The van der Waals surface area contributed by atoms with Crippen molar-refractivity contribution in [3.8, 4) is 51.3 Å². The monoisotopic (exact) mass is 568 g/mol. The summed E-state index contributed by atoms with van der Waals surface area (Å²) in [5, 5.41) is 0. The highest BCUT2D eigenvalue weighted by Crippen LogP contribution is 2.33. The van der Waals surface area contributed by atoms with Crippen molar-refractivity contribution >= 4 is 17.9 Å². The number of carbonyl (C=O) groups excluding carboxylic acids is 3. The Morgan fingerprint density at radius 2 is 1.07 bits per heavy atom. The van der Waals surface area contributed by atoms with Crippen LogP contribution in [0.4, 0.5) is 0 Å². The highest BCUT2D eigenvalue weighted by molar-refractivity contribution is 5.90. The molecule has 0 saturated heterocycles.